The molecule has 5 heteroatoms. The highest BCUT2D eigenvalue weighted by molar-refractivity contribution is 5.82. The van der Waals surface area contributed by atoms with Crippen LogP contribution in [0.3, 0.4) is 0 Å². The molecule has 2 amide bonds. The number of carbonyl (C=O) groups is 2. The zero-order valence-electron chi connectivity index (χ0n) is 11.6. The summed E-state index contributed by atoms with van der Waals surface area (Å²) in [6, 6.07) is -1.22. The van der Waals surface area contributed by atoms with Crippen LogP contribution in [0.25, 0.3) is 0 Å². The molecule has 0 aromatic carbocycles. The first kappa shape index (κ1) is 14.8. The lowest BCUT2D eigenvalue weighted by molar-refractivity contribution is -0.140. The Balaban J connectivity index is 2.40. The molecule has 1 aliphatic rings. The van der Waals surface area contributed by atoms with Gasteiger partial charge in [-0.15, -0.1) is 0 Å². The van der Waals surface area contributed by atoms with Crippen molar-refractivity contribution in [1.82, 2.24) is 10.6 Å². The van der Waals surface area contributed by atoms with Crippen molar-refractivity contribution in [1.29, 1.82) is 0 Å². The van der Waals surface area contributed by atoms with Crippen molar-refractivity contribution in [2.75, 3.05) is 6.54 Å². The Morgan fingerprint density at radius 3 is 2.11 bits per heavy atom. The fourth-order valence-electron chi connectivity index (χ4n) is 2.08. The lowest BCUT2D eigenvalue weighted by Gasteiger charge is -2.22. The average molecular weight is 256 g/mol. The van der Waals surface area contributed by atoms with Gasteiger partial charge in [-0.2, -0.15) is 0 Å². The van der Waals surface area contributed by atoms with E-state index in [9.17, 15) is 9.59 Å². The number of hydrogen-bond donors (Lipinski definition) is 3. The van der Waals surface area contributed by atoms with Crippen LogP contribution < -0.4 is 10.6 Å². The molecule has 0 aliphatic heterocycles. The van der Waals surface area contributed by atoms with Gasteiger partial charge < -0.3 is 15.7 Å². The van der Waals surface area contributed by atoms with E-state index in [2.05, 4.69) is 24.5 Å². The predicted molar refractivity (Wildman–Crippen MR) is 69.3 cm³/mol. The molecule has 3 N–H and O–H groups in total. The Hall–Kier alpha value is -1.26. The number of carboxylic acids is 1. The van der Waals surface area contributed by atoms with Crippen molar-refractivity contribution in [2.45, 2.75) is 46.6 Å². The third-order valence-electron chi connectivity index (χ3n) is 3.94. The maximum Gasteiger partial charge on any atom is 0.326 e. The second-order valence-corrected chi connectivity index (χ2v) is 5.90. The van der Waals surface area contributed by atoms with Crippen LogP contribution in [0.5, 0.6) is 0 Å². The van der Waals surface area contributed by atoms with E-state index in [1.807, 2.05) is 0 Å². The zero-order valence-corrected chi connectivity index (χ0v) is 11.6. The number of carboxylic acid groups (broad SMARTS) is 1. The Morgan fingerprint density at radius 2 is 1.78 bits per heavy atom. The first-order valence-corrected chi connectivity index (χ1v) is 6.55. The normalized spacial score (nSPS) is 18.6. The molecule has 0 heterocycles. The fourth-order valence-corrected chi connectivity index (χ4v) is 2.08. The molecule has 0 bridgehead atoms. The van der Waals surface area contributed by atoms with E-state index < -0.39 is 12.0 Å². The average Bonchev–Trinajstić information content (AvgIpc) is 3.03. The first-order chi connectivity index (χ1) is 8.28. The number of nitrogens with one attached hydrogen (secondary N) is 2. The number of urea groups is 1. The highest BCUT2D eigenvalue weighted by Gasteiger charge is 2.45. The van der Waals surface area contributed by atoms with E-state index in [0.717, 1.165) is 12.8 Å². The minimum Gasteiger partial charge on any atom is -0.480 e. The molecule has 0 saturated heterocycles. The summed E-state index contributed by atoms with van der Waals surface area (Å²) in [6.45, 7) is 8.48. The molecule has 0 aromatic heterocycles. The summed E-state index contributed by atoms with van der Waals surface area (Å²) in [6.07, 6.45) is 2.27. The maximum atomic E-state index is 11.7. The SMILES string of the molecule is CC(C)C(NC(=O)NCC1(C(C)C)CC1)C(=O)O. The van der Waals surface area contributed by atoms with Gasteiger partial charge >= 0.3 is 12.0 Å². The topological polar surface area (TPSA) is 78.4 Å². The van der Waals surface area contributed by atoms with Gasteiger partial charge in [0, 0.05) is 6.54 Å². The molecule has 1 saturated carbocycles. The van der Waals surface area contributed by atoms with E-state index in [0.29, 0.717) is 12.5 Å². The minimum atomic E-state index is -0.995. The van der Waals surface area contributed by atoms with Crippen LogP contribution in [0.2, 0.25) is 0 Å². The summed E-state index contributed by atoms with van der Waals surface area (Å²) in [4.78, 5) is 22.6. The number of rotatable bonds is 6. The van der Waals surface area contributed by atoms with Gasteiger partial charge in [0.1, 0.15) is 6.04 Å². The highest BCUT2D eigenvalue weighted by atomic mass is 16.4. The third-order valence-corrected chi connectivity index (χ3v) is 3.94. The van der Waals surface area contributed by atoms with E-state index in [-0.39, 0.29) is 17.4 Å². The van der Waals surface area contributed by atoms with Gasteiger partial charge in [0.15, 0.2) is 0 Å². The molecule has 0 radical (unpaired) electrons. The number of hydrogen-bond acceptors (Lipinski definition) is 2. The summed E-state index contributed by atoms with van der Waals surface area (Å²) in [5, 5.41) is 14.3. The zero-order chi connectivity index (χ0) is 13.9. The van der Waals surface area contributed by atoms with E-state index in [4.69, 9.17) is 5.11 Å². The van der Waals surface area contributed by atoms with Crippen molar-refractivity contribution in [2.24, 2.45) is 17.3 Å². The monoisotopic (exact) mass is 256 g/mol. The largest absolute Gasteiger partial charge is 0.480 e. The summed E-state index contributed by atoms with van der Waals surface area (Å²) in [5.41, 5.74) is 0.230. The molecule has 1 aliphatic carbocycles. The maximum absolute atomic E-state index is 11.7. The summed E-state index contributed by atoms with van der Waals surface area (Å²) >= 11 is 0. The summed E-state index contributed by atoms with van der Waals surface area (Å²) in [7, 11) is 0. The van der Waals surface area contributed by atoms with Gasteiger partial charge in [0.2, 0.25) is 0 Å². The third kappa shape index (κ3) is 3.62. The molecular formula is C13H24N2O3. The van der Waals surface area contributed by atoms with E-state index in [1.165, 1.54) is 0 Å². The Bertz CT molecular complexity index is 322. The predicted octanol–water partition coefficient (Wildman–Crippen LogP) is 1.83. The van der Waals surface area contributed by atoms with Crippen molar-refractivity contribution in [3.8, 4) is 0 Å². The Kier molecular flexibility index (Phi) is 4.59. The molecule has 1 atom stereocenters. The van der Waals surface area contributed by atoms with Crippen LogP contribution in [-0.4, -0.2) is 29.7 Å². The van der Waals surface area contributed by atoms with Gasteiger partial charge in [-0.3, -0.25) is 0 Å². The van der Waals surface area contributed by atoms with Crippen molar-refractivity contribution in [3.63, 3.8) is 0 Å². The molecule has 1 unspecified atom stereocenters. The van der Waals surface area contributed by atoms with Crippen LogP contribution in [0.15, 0.2) is 0 Å². The standard InChI is InChI=1S/C13H24N2O3/c1-8(2)10(11(16)17)15-12(18)14-7-13(5-6-13)9(3)4/h8-10H,5-7H2,1-4H3,(H,16,17)(H2,14,15,18). The van der Waals surface area contributed by atoms with Gasteiger partial charge in [0.05, 0.1) is 0 Å². The molecule has 0 spiro atoms. The molecule has 1 rings (SSSR count). The molecule has 0 aromatic rings. The Morgan fingerprint density at radius 1 is 1.22 bits per heavy atom. The van der Waals surface area contributed by atoms with Crippen molar-refractivity contribution >= 4 is 12.0 Å². The second kappa shape index (κ2) is 5.59. The van der Waals surface area contributed by atoms with Gasteiger partial charge in [0.25, 0.3) is 0 Å². The summed E-state index contributed by atoms with van der Waals surface area (Å²) < 4.78 is 0. The van der Waals surface area contributed by atoms with Crippen LogP contribution in [0.1, 0.15) is 40.5 Å². The smallest absolute Gasteiger partial charge is 0.326 e. The lowest BCUT2D eigenvalue weighted by atomic mass is 9.92. The lowest BCUT2D eigenvalue weighted by Crippen LogP contribution is -2.49. The van der Waals surface area contributed by atoms with E-state index in [1.54, 1.807) is 13.8 Å². The van der Waals surface area contributed by atoms with Crippen LogP contribution in [0.4, 0.5) is 4.79 Å². The summed E-state index contributed by atoms with van der Waals surface area (Å²) in [5.74, 6) is -0.587. The number of aliphatic carboxylic acids is 1. The van der Waals surface area contributed by atoms with Gasteiger partial charge in [-0.05, 0) is 30.1 Å². The van der Waals surface area contributed by atoms with Crippen molar-refractivity contribution < 1.29 is 14.7 Å². The first-order valence-electron chi connectivity index (χ1n) is 6.55. The van der Waals surface area contributed by atoms with Crippen molar-refractivity contribution in [3.05, 3.63) is 0 Å². The minimum absolute atomic E-state index is 0.131. The quantitative estimate of drug-likeness (QED) is 0.678. The van der Waals surface area contributed by atoms with E-state index >= 15 is 0 Å². The molecule has 1 fully saturated rings. The second-order valence-electron chi connectivity index (χ2n) is 5.90. The molecule has 18 heavy (non-hydrogen) atoms. The molecule has 5 nitrogen and oxygen atoms in total. The number of carbonyl (C=O) groups excluding carboxylic acids is 1. The molecular weight excluding hydrogens is 232 g/mol. The molecule has 104 valence electrons. The van der Waals surface area contributed by atoms with Crippen LogP contribution >= 0.6 is 0 Å². The van der Waals surface area contributed by atoms with Gasteiger partial charge in [-0.25, -0.2) is 9.59 Å². The van der Waals surface area contributed by atoms with Crippen LogP contribution in [0, 0.1) is 17.3 Å². The Labute approximate surface area is 108 Å². The van der Waals surface area contributed by atoms with Crippen LogP contribution in [-0.2, 0) is 4.79 Å². The fraction of sp³-hybridized carbons (Fsp3) is 0.846. The van der Waals surface area contributed by atoms with Gasteiger partial charge in [-0.1, -0.05) is 27.7 Å². The number of amides is 2. The highest BCUT2D eigenvalue weighted by Crippen LogP contribution is 2.51.